The second-order valence-electron chi connectivity index (χ2n) is 7.44. The molecule has 1 saturated heterocycles. The lowest BCUT2D eigenvalue weighted by atomic mass is 10.1. The molecule has 3 aromatic rings. The molecule has 10 heteroatoms. The second kappa shape index (κ2) is 7.69. The number of sulfonamides is 1. The Bertz CT molecular complexity index is 1270. The highest BCUT2D eigenvalue weighted by atomic mass is 32.2. The maximum atomic E-state index is 12.6. The summed E-state index contributed by atoms with van der Waals surface area (Å²) in [6.07, 6.45) is 1.84. The number of carbonyl (C=O) groups is 1. The van der Waals surface area contributed by atoms with E-state index in [0.29, 0.717) is 30.1 Å². The van der Waals surface area contributed by atoms with Gasteiger partial charge in [0.25, 0.3) is 5.56 Å². The Hall–Kier alpha value is -2.98. The smallest absolute Gasteiger partial charge is 0.266 e. The molecule has 158 valence electrons. The fourth-order valence-electron chi connectivity index (χ4n) is 3.76. The van der Waals surface area contributed by atoms with E-state index in [1.54, 1.807) is 23.6 Å². The Labute approximate surface area is 173 Å². The molecule has 30 heavy (non-hydrogen) atoms. The van der Waals surface area contributed by atoms with Crippen molar-refractivity contribution in [2.45, 2.75) is 38.0 Å². The predicted octanol–water partition coefficient (Wildman–Crippen LogP) is 1.61. The molecule has 4 rings (SSSR count). The molecule has 2 aromatic heterocycles. The van der Waals surface area contributed by atoms with Crippen LogP contribution >= 0.6 is 0 Å². The lowest BCUT2D eigenvalue weighted by Crippen LogP contribution is -2.27. The van der Waals surface area contributed by atoms with Gasteiger partial charge >= 0.3 is 0 Å². The summed E-state index contributed by atoms with van der Waals surface area (Å²) in [6, 6.07) is 7.61. The summed E-state index contributed by atoms with van der Waals surface area (Å²) in [5, 5.41) is 5.46. The topological polar surface area (TPSA) is 117 Å². The van der Waals surface area contributed by atoms with E-state index in [1.165, 1.54) is 22.5 Å². The van der Waals surface area contributed by atoms with E-state index < -0.39 is 10.0 Å². The van der Waals surface area contributed by atoms with Crippen molar-refractivity contribution in [1.29, 1.82) is 0 Å². The molecule has 0 radical (unpaired) electrons. The lowest BCUT2D eigenvalue weighted by Gasteiger charge is -2.16. The Morgan fingerprint density at radius 2 is 1.83 bits per heavy atom. The number of hydrogen-bond donors (Lipinski definition) is 2. The van der Waals surface area contributed by atoms with Gasteiger partial charge in [-0.15, -0.1) is 0 Å². The van der Waals surface area contributed by atoms with Crippen molar-refractivity contribution in [3.05, 3.63) is 57.6 Å². The van der Waals surface area contributed by atoms with E-state index >= 15 is 0 Å². The van der Waals surface area contributed by atoms with Crippen LogP contribution in [0.15, 0.2) is 40.0 Å². The number of aromatic nitrogens is 3. The van der Waals surface area contributed by atoms with Crippen molar-refractivity contribution in [2.24, 2.45) is 0 Å². The highest BCUT2D eigenvalue weighted by molar-refractivity contribution is 7.89. The second-order valence-corrected chi connectivity index (χ2v) is 9.37. The summed E-state index contributed by atoms with van der Waals surface area (Å²) in [5.74, 6) is -0.257. The molecule has 3 heterocycles. The average Bonchev–Trinajstić information content (AvgIpc) is 3.36. The van der Waals surface area contributed by atoms with Gasteiger partial charge in [-0.3, -0.25) is 14.7 Å². The van der Waals surface area contributed by atoms with Crippen LogP contribution in [0.4, 0.5) is 5.69 Å². The average molecular weight is 430 g/mol. The van der Waals surface area contributed by atoms with Crippen molar-refractivity contribution < 1.29 is 13.2 Å². The minimum Gasteiger partial charge on any atom is -0.326 e. The fourth-order valence-corrected chi connectivity index (χ4v) is 5.28. The van der Waals surface area contributed by atoms with Gasteiger partial charge in [0.05, 0.1) is 11.3 Å². The van der Waals surface area contributed by atoms with Gasteiger partial charge in [0.15, 0.2) is 5.65 Å². The van der Waals surface area contributed by atoms with Crippen molar-refractivity contribution in [1.82, 2.24) is 18.9 Å². The molecule has 0 unspecified atom stereocenters. The third kappa shape index (κ3) is 3.75. The molecule has 1 aliphatic rings. The number of rotatable bonds is 5. The molecule has 0 aliphatic carbocycles. The monoisotopic (exact) mass is 429 g/mol. The van der Waals surface area contributed by atoms with Crippen LogP contribution in [0, 0.1) is 13.8 Å². The summed E-state index contributed by atoms with van der Waals surface area (Å²) in [7, 11) is -3.48. The normalized spacial score (nSPS) is 15.0. The lowest BCUT2D eigenvalue weighted by molar-refractivity contribution is -0.115. The number of aromatic amines is 1. The Morgan fingerprint density at radius 3 is 2.50 bits per heavy atom. The zero-order valence-corrected chi connectivity index (χ0v) is 17.6. The van der Waals surface area contributed by atoms with E-state index in [9.17, 15) is 18.0 Å². The van der Waals surface area contributed by atoms with Gasteiger partial charge in [-0.05, 0) is 51.0 Å². The molecule has 1 aliphatic heterocycles. The standard InChI is InChI=1S/C20H23N5O4S/c1-13-17(14(2)25-18(21-13)12-20(27)23-25)11-19(26)22-15-5-7-16(8-6-15)30(28,29)24-9-3-4-10-24/h5-8,12H,3-4,9-11H2,1-2H3,(H,22,26)(H,23,27). The number of aryl methyl sites for hydroxylation is 2. The summed E-state index contributed by atoms with van der Waals surface area (Å²) in [5.41, 5.74) is 2.90. The van der Waals surface area contributed by atoms with Crippen molar-refractivity contribution in [3.8, 4) is 0 Å². The SMILES string of the molecule is Cc1nc2cc(=O)[nH]n2c(C)c1CC(=O)Nc1ccc(S(=O)(=O)N2CCCC2)cc1. The van der Waals surface area contributed by atoms with Crippen LogP contribution in [0.25, 0.3) is 5.65 Å². The zero-order chi connectivity index (χ0) is 21.5. The highest BCUT2D eigenvalue weighted by Crippen LogP contribution is 2.22. The number of nitrogens with one attached hydrogen (secondary N) is 2. The molecule has 1 aromatic carbocycles. The van der Waals surface area contributed by atoms with Crippen LogP contribution in [0.3, 0.4) is 0 Å². The molecular weight excluding hydrogens is 406 g/mol. The van der Waals surface area contributed by atoms with Gasteiger partial charge in [0.2, 0.25) is 15.9 Å². The van der Waals surface area contributed by atoms with Crippen LogP contribution in [0.1, 0.15) is 29.8 Å². The van der Waals surface area contributed by atoms with E-state index in [2.05, 4.69) is 15.4 Å². The third-order valence-electron chi connectivity index (χ3n) is 5.38. The fraction of sp³-hybridized carbons (Fsp3) is 0.350. The van der Waals surface area contributed by atoms with Crippen molar-refractivity contribution in [3.63, 3.8) is 0 Å². The maximum Gasteiger partial charge on any atom is 0.266 e. The molecule has 0 saturated carbocycles. The summed E-state index contributed by atoms with van der Waals surface area (Å²) in [6.45, 7) is 4.71. The molecule has 9 nitrogen and oxygen atoms in total. The van der Waals surface area contributed by atoms with E-state index in [4.69, 9.17) is 0 Å². The quantitative estimate of drug-likeness (QED) is 0.639. The molecular formula is C20H23N5O4S. The van der Waals surface area contributed by atoms with Gasteiger partial charge in [-0.2, -0.15) is 4.31 Å². The van der Waals surface area contributed by atoms with Crippen LogP contribution in [-0.2, 0) is 21.2 Å². The van der Waals surface area contributed by atoms with Gasteiger partial charge in [-0.25, -0.2) is 17.9 Å². The number of anilines is 1. The van der Waals surface area contributed by atoms with Gasteiger partial charge in [0, 0.05) is 41.8 Å². The summed E-state index contributed by atoms with van der Waals surface area (Å²) in [4.78, 5) is 28.7. The largest absolute Gasteiger partial charge is 0.326 e. The first kappa shape index (κ1) is 20.3. The minimum absolute atomic E-state index is 0.0780. The number of amides is 1. The first-order valence-electron chi connectivity index (χ1n) is 9.73. The summed E-state index contributed by atoms with van der Waals surface area (Å²) >= 11 is 0. The Morgan fingerprint density at radius 1 is 1.17 bits per heavy atom. The zero-order valence-electron chi connectivity index (χ0n) is 16.8. The number of H-pyrrole nitrogens is 1. The number of carbonyl (C=O) groups excluding carboxylic acids is 1. The number of benzene rings is 1. The molecule has 0 atom stereocenters. The summed E-state index contributed by atoms with van der Waals surface area (Å²) < 4.78 is 28.2. The Balaban J connectivity index is 1.49. The van der Waals surface area contributed by atoms with Gasteiger partial charge < -0.3 is 5.32 Å². The predicted molar refractivity (Wildman–Crippen MR) is 112 cm³/mol. The third-order valence-corrected chi connectivity index (χ3v) is 7.29. The highest BCUT2D eigenvalue weighted by Gasteiger charge is 2.27. The van der Waals surface area contributed by atoms with Crippen molar-refractivity contribution in [2.75, 3.05) is 18.4 Å². The Kier molecular flexibility index (Phi) is 5.20. The molecule has 0 spiro atoms. The van der Waals surface area contributed by atoms with E-state index in [0.717, 1.165) is 24.1 Å². The van der Waals surface area contributed by atoms with Crippen molar-refractivity contribution >= 4 is 27.3 Å². The molecule has 1 fully saturated rings. The van der Waals surface area contributed by atoms with Gasteiger partial charge in [-0.1, -0.05) is 0 Å². The van der Waals surface area contributed by atoms with E-state index in [-0.39, 0.29) is 22.8 Å². The molecule has 0 bridgehead atoms. The molecule has 2 N–H and O–H groups in total. The van der Waals surface area contributed by atoms with E-state index in [1.807, 2.05) is 6.92 Å². The first-order valence-corrected chi connectivity index (χ1v) is 11.2. The van der Waals surface area contributed by atoms with Crippen LogP contribution in [-0.4, -0.2) is 46.3 Å². The van der Waals surface area contributed by atoms with Crippen LogP contribution in [0.2, 0.25) is 0 Å². The number of hydrogen-bond acceptors (Lipinski definition) is 5. The number of nitrogens with zero attached hydrogens (tertiary/aromatic N) is 3. The first-order chi connectivity index (χ1) is 14.3. The minimum atomic E-state index is -3.48. The maximum absolute atomic E-state index is 12.6. The number of fused-ring (bicyclic) bond motifs is 1. The molecule has 1 amide bonds. The van der Waals surface area contributed by atoms with Gasteiger partial charge in [0.1, 0.15) is 0 Å². The van der Waals surface area contributed by atoms with Crippen LogP contribution < -0.4 is 10.9 Å². The van der Waals surface area contributed by atoms with Crippen LogP contribution in [0.5, 0.6) is 0 Å².